The van der Waals surface area contributed by atoms with Crippen LogP contribution in [0.15, 0.2) is 46.0 Å². The van der Waals surface area contributed by atoms with E-state index in [2.05, 4.69) is 0 Å². The molecule has 0 bridgehead atoms. The van der Waals surface area contributed by atoms with Crippen molar-refractivity contribution >= 4 is 64.6 Å². The Labute approximate surface area is 211 Å². The van der Waals surface area contributed by atoms with Gasteiger partial charge in [-0.3, -0.25) is 9.59 Å². The van der Waals surface area contributed by atoms with Crippen LogP contribution in [-0.2, 0) is 0 Å². The lowest BCUT2D eigenvalue weighted by Crippen LogP contribution is -2.07. The largest absolute Gasteiger partial charge is 0.507 e. The van der Waals surface area contributed by atoms with E-state index >= 15 is 0 Å². The molecule has 0 aliphatic carbocycles. The highest BCUT2D eigenvalue weighted by Gasteiger charge is 2.30. The summed E-state index contributed by atoms with van der Waals surface area (Å²) in [5.41, 5.74) is 0.0761. The number of aromatic hydroxyl groups is 6. The van der Waals surface area contributed by atoms with Crippen molar-refractivity contribution in [1.29, 1.82) is 0 Å². The quantitative estimate of drug-likeness (QED) is 0.123. The molecule has 0 spiro atoms. The van der Waals surface area contributed by atoms with E-state index in [0.717, 1.165) is 12.1 Å². The summed E-state index contributed by atoms with van der Waals surface area (Å²) >= 11 is 0. The van der Waals surface area contributed by atoms with Crippen molar-refractivity contribution in [3.63, 3.8) is 0 Å². The van der Waals surface area contributed by atoms with Crippen molar-refractivity contribution in [3.05, 3.63) is 68.0 Å². The highest BCUT2D eigenvalue weighted by Crippen LogP contribution is 2.56. The molecular weight excluding hydrogens is 488 g/mol. The van der Waals surface area contributed by atoms with Gasteiger partial charge in [0.1, 0.15) is 34.5 Å². The smallest absolute Gasteiger partial charge is 0.190 e. The number of rotatable bonds is 0. The van der Waals surface area contributed by atoms with Crippen molar-refractivity contribution in [3.8, 4) is 34.5 Å². The third kappa shape index (κ3) is 2.30. The maximum absolute atomic E-state index is 13.4. The summed E-state index contributed by atoms with van der Waals surface area (Å²) in [6.07, 6.45) is 0. The van der Waals surface area contributed by atoms with Gasteiger partial charge in [0.25, 0.3) is 0 Å². The predicted octanol–water partition coefficient (Wildman–Crippen LogP) is 5.05. The Hall–Kier alpha value is -5.24. The molecule has 0 radical (unpaired) electrons. The molecule has 186 valence electrons. The van der Waals surface area contributed by atoms with Crippen molar-refractivity contribution in [2.24, 2.45) is 0 Å². The predicted molar refractivity (Wildman–Crippen MR) is 146 cm³/mol. The van der Waals surface area contributed by atoms with Gasteiger partial charge in [-0.2, -0.15) is 0 Å². The van der Waals surface area contributed by atoms with Crippen LogP contribution in [0.2, 0.25) is 0 Å². The lowest BCUT2D eigenvalue weighted by molar-refractivity contribution is 0.453. The Balaban J connectivity index is 2.12. The molecule has 0 heterocycles. The lowest BCUT2D eigenvalue weighted by Gasteiger charge is -2.22. The third-order valence-corrected chi connectivity index (χ3v) is 7.88. The fraction of sp³-hybridized carbons (Fsp3) is 0.0667. The molecule has 7 rings (SSSR count). The van der Waals surface area contributed by atoms with Crippen molar-refractivity contribution < 1.29 is 30.6 Å². The second kappa shape index (κ2) is 6.74. The van der Waals surface area contributed by atoms with Crippen LogP contribution < -0.4 is 10.9 Å². The first-order valence-electron chi connectivity index (χ1n) is 11.7. The normalized spacial score (nSPS) is 12.3. The van der Waals surface area contributed by atoms with Gasteiger partial charge in [0.2, 0.25) is 0 Å². The van der Waals surface area contributed by atoms with E-state index in [4.69, 9.17) is 0 Å². The van der Waals surface area contributed by atoms with Crippen LogP contribution in [0.4, 0.5) is 0 Å². The molecule has 0 atom stereocenters. The number of fused-ring (bicyclic) bond motifs is 6. The first-order valence-corrected chi connectivity index (χ1v) is 11.7. The Morgan fingerprint density at radius 1 is 0.474 bits per heavy atom. The summed E-state index contributed by atoms with van der Waals surface area (Å²) < 4.78 is 0. The van der Waals surface area contributed by atoms with Crippen LogP contribution in [-0.4, -0.2) is 30.6 Å². The van der Waals surface area contributed by atoms with Gasteiger partial charge in [0.05, 0.1) is 21.5 Å². The average Bonchev–Trinajstić information content (AvgIpc) is 2.84. The zero-order valence-electron chi connectivity index (χ0n) is 20.0. The van der Waals surface area contributed by atoms with E-state index in [1.165, 1.54) is 12.1 Å². The first kappa shape index (κ1) is 22.0. The van der Waals surface area contributed by atoms with Crippen LogP contribution in [0, 0.1) is 13.8 Å². The maximum Gasteiger partial charge on any atom is 0.190 e. The van der Waals surface area contributed by atoms with E-state index in [9.17, 15) is 40.2 Å². The highest BCUT2D eigenvalue weighted by atomic mass is 16.3. The van der Waals surface area contributed by atoms with Crippen molar-refractivity contribution in [2.75, 3.05) is 0 Å². The molecular formula is C30H18O8. The number of hydrogen-bond donors (Lipinski definition) is 6. The molecule has 7 aromatic carbocycles. The summed E-state index contributed by atoms with van der Waals surface area (Å²) in [4.78, 5) is 26.7. The minimum absolute atomic E-state index is 0.00440. The van der Waals surface area contributed by atoms with Crippen LogP contribution in [0.5, 0.6) is 34.5 Å². The lowest BCUT2D eigenvalue weighted by atomic mass is 9.82. The van der Waals surface area contributed by atoms with Gasteiger partial charge in [0, 0.05) is 44.5 Å². The molecule has 0 saturated heterocycles. The van der Waals surface area contributed by atoms with Gasteiger partial charge < -0.3 is 30.6 Å². The molecule has 7 aromatic rings. The summed E-state index contributed by atoms with van der Waals surface area (Å²) in [5.74, 6) is -2.75. The van der Waals surface area contributed by atoms with Crippen molar-refractivity contribution in [2.45, 2.75) is 13.8 Å². The molecule has 8 heteroatoms. The van der Waals surface area contributed by atoms with E-state index in [-0.39, 0.29) is 48.8 Å². The molecule has 0 aromatic heterocycles. The molecule has 0 unspecified atom stereocenters. The second-order valence-corrected chi connectivity index (χ2v) is 9.77. The van der Waals surface area contributed by atoms with Gasteiger partial charge in [-0.15, -0.1) is 0 Å². The highest BCUT2D eigenvalue weighted by molar-refractivity contribution is 6.46. The topological polar surface area (TPSA) is 156 Å². The van der Waals surface area contributed by atoms with Gasteiger partial charge in [0.15, 0.2) is 10.9 Å². The van der Waals surface area contributed by atoms with Crippen molar-refractivity contribution in [1.82, 2.24) is 0 Å². The van der Waals surface area contributed by atoms with Crippen LogP contribution in [0.3, 0.4) is 0 Å². The molecule has 38 heavy (non-hydrogen) atoms. The number of phenolic OH excluding ortho intramolecular Hbond substituents is 6. The van der Waals surface area contributed by atoms with Crippen LogP contribution in [0.1, 0.15) is 11.1 Å². The summed E-state index contributed by atoms with van der Waals surface area (Å²) in [5, 5.41) is 67.4. The molecule has 6 N–H and O–H groups in total. The SMILES string of the molecule is Cc1cc(=O)c2c(O)c3c(O)cc(O)c4c5c(=O)cc(O)c6c(O)c7c(O)cccc7c(c65)c(c2c1C)c34. The average molecular weight is 506 g/mol. The van der Waals surface area contributed by atoms with Gasteiger partial charge in [-0.1, -0.05) is 12.1 Å². The molecule has 8 nitrogen and oxygen atoms in total. The van der Waals surface area contributed by atoms with Gasteiger partial charge in [-0.05, 0) is 47.9 Å². The number of hydrogen-bond acceptors (Lipinski definition) is 8. The molecule has 0 aliphatic heterocycles. The molecule has 0 saturated carbocycles. The summed E-state index contributed by atoms with van der Waals surface area (Å²) in [7, 11) is 0. The maximum atomic E-state index is 13.4. The van der Waals surface area contributed by atoms with E-state index in [1.807, 2.05) is 0 Å². The third-order valence-electron chi connectivity index (χ3n) is 7.88. The zero-order chi connectivity index (χ0) is 26.9. The monoisotopic (exact) mass is 506 g/mol. The fourth-order valence-electron chi connectivity index (χ4n) is 6.23. The minimum atomic E-state index is -0.673. The Morgan fingerprint density at radius 3 is 1.74 bits per heavy atom. The fourth-order valence-corrected chi connectivity index (χ4v) is 6.23. The van der Waals surface area contributed by atoms with Crippen LogP contribution in [0.25, 0.3) is 64.6 Å². The number of phenols is 6. The standard InChI is InChI=1S/C30H18O8/c1-9-6-13(32)23-18(10(9)2)26-20-11-4-3-5-12(31)19(11)29(37)24-16(35)7-14(33)21(27(20)24)22-15(34)8-17(36)25(28(22)26)30(23)38/h3-8,31,34-38H,1-2H3. The van der Waals surface area contributed by atoms with Gasteiger partial charge >= 0.3 is 0 Å². The Morgan fingerprint density at radius 2 is 1.03 bits per heavy atom. The summed E-state index contributed by atoms with van der Waals surface area (Å²) in [6, 6.07) is 7.79. The Kier molecular flexibility index (Phi) is 3.90. The van der Waals surface area contributed by atoms with Crippen LogP contribution >= 0.6 is 0 Å². The van der Waals surface area contributed by atoms with E-state index in [0.29, 0.717) is 32.7 Å². The molecule has 0 aliphatic rings. The zero-order valence-corrected chi connectivity index (χ0v) is 20.0. The molecule has 0 fully saturated rings. The number of aryl methyl sites for hydroxylation is 2. The summed E-state index contributed by atoms with van der Waals surface area (Å²) in [6.45, 7) is 3.50. The second-order valence-electron chi connectivity index (χ2n) is 9.77. The molecule has 0 amide bonds. The first-order chi connectivity index (χ1) is 18.0. The van der Waals surface area contributed by atoms with Gasteiger partial charge in [-0.25, -0.2) is 0 Å². The minimum Gasteiger partial charge on any atom is -0.507 e. The Bertz CT molecular complexity index is 2360. The van der Waals surface area contributed by atoms with E-state index in [1.54, 1.807) is 26.0 Å². The number of benzene rings is 7. The van der Waals surface area contributed by atoms with E-state index < -0.39 is 39.6 Å².